The Kier molecular flexibility index (Phi) is 11.0. The number of para-hydroxylation sites is 2. The van der Waals surface area contributed by atoms with Gasteiger partial charge in [-0.2, -0.15) is 0 Å². The van der Waals surface area contributed by atoms with E-state index in [0.29, 0.717) is 5.92 Å². The number of rotatable bonds is 2. The topological polar surface area (TPSA) is 52.0 Å². The SMILES string of the molecule is CC(C)(C)c1cccc(C2(C)CC(C)(C)c3cc(C(C)(C)C)ccc32)c1.Cc1cccc(C(C)C)c1N.Cc1cccc(C)c1N. The van der Waals surface area contributed by atoms with Crippen molar-refractivity contribution in [2.45, 2.75) is 131 Å². The molecule has 248 valence electrons. The average molecular weight is 619 g/mol. The lowest BCUT2D eigenvalue weighted by molar-refractivity contribution is 0.424. The summed E-state index contributed by atoms with van der Waals surface area (Å²) in [4.78, 5) is 0. The summed E-state index contributed by atoms with van der Waals surface area (Å²) in [6.07, 6.45) is 1.16. The first-order valence-electron chi connectivity index (χ1n) is 17.0. The zero-order valence-corrected chi connectivity index (χ0v) is 31.4. The summed E-state index contributed by atoms with van der Waals surface area (Å²) in [5.74, 6) is 0.523. The molecule has 0 saturated carbocycles. The second-order valence-corrected chi connectivity index (χ2v) is 16.8. The number of fused-ring (bicyclic) bond motifs is 1. The van der Waals surface area contributed by atoms with Gasteiger partial charge >= 0.3 is 0 Å². The van der Waals surface area contributed by atoms with E-state index in [0.717, 1.165) is 28.9 Å². The minimum Gasteiger partial charge on any atom is -0.398 e. The Bertz CT molecular complexity index is 1620. The summed E-state index contributed by atoms with van der Waals surface area (Å²) in [6, 6.07) is 28.8. The van der Waals surface area contributed by atoms with E-state index >= 15 is 0 Å². The molecule has 0 spiro atoms. The number of anilines is 2. The van der Waals surface area contributed by atoms with Crippen molar-refractivity contribution >= 4 is 11.4 Å². The van der Waals surface area contributed by atoms with Crippen LogP contribution < -0.4 is 11.5 Å². The first kappa shape index (κ1) is 36.9. The predicted molar refractivity (Wildman–Crippen MR) is 204 cm³/mol. The fourth-order valence-corrected chi connectivity index (χ4v) is 6.75. The van der Waals surface area contributed by atoms with Crippen molar-refractivity contribution in [3.05, 3.63) is 129 Å². The van der Waals surface area contributed by atoms with Gasteiger partial charge in [0.1, 0.15) is 0 Å². The molecule has 0 saturated heterocycles. The van der Waals surface area contributed by atoms with Crippen LogP contribution in [0.4, 0.5) is 11.4 Å². The molecule has 1 aliphatic rings. The van der Waals surface area contributed by atoms with Crippen LogP contribution in [0.3, 0.4) is 0 Å². The average Bonchev–Trinajstić information content (AvgIpc) is 3.18. The van der Waals surface area contributed by atoms with Gasteiger partial charge in [-0.25, -0.2) is 0 Å². The van der Waals surface area contributed by atoms with Crippen LogP contribution in [0.25, 0.3) is 0 Å². The summed E-state index contributed by atoms with van der Waals surface area (Å²) < 4.78 is 0. The third-order valence-electron chi connectivity index (χ3n) is 9.89. The number of hydrogen-bond donors (Lipinski definition) is 2. The van der Waals surface area contributed by atoms with Gasteiger partial charge in [0, 0.05) is 16.8 Å². The molecule has 5 rings (SSSR count). The zero-order valence-electron chi connectivity index (χ0n) is 31.4. The first-order chi connectivity index (χ1) is 21.1. The molecule has 46 heavy (non-hydrogen) atoms. The van der Waals surface area contributed by atoms with Crippen molar-refractivity contribution in [2.75, 3.05) is 11.5 Å². The number of nitrogens with two attached hydrogens (primary N) is 2. The lowest BCUT2D eigenvalue weighted by Gasteiger charge is -2.30. The molecule has 0 radical (unpaired) electrons. The molecule has 2 nitrogen and oxygen atoms in total. The minimum absolute atomic E-state index is 0.0799. The second kappa shape index (κ2) is 13.7. The number of benzene rings is 4. The molecular weight excluding hydrogens is 556 g/mol. The molecule has 0 fully saturated rings. The standard InChI is InChI=1S/C26H36.C10H15N.C8H11N/c1-23(2,3)18-11-10-12-20(15-18)26(9)17-25(7,8)22-16-19(24(4,5)6)13-14-21(22)26;1-7(2)9-6-4-5-8(3)10(9)11;1-6-4-3-5-7(2)8(6)9/h10-16H,17H2,1-9H3;4-7H,11H2,1-3H3;3-5H,9H2,1-2H3. The monoisotopic (exact) mass is 618 g/mol. The minimum atomic E-state index is 0.0799. The van der Waals surface area contributed by atoms with Gasteiger partial charge in [-0.1, -0.05) is 155 Å². The van der Waals surface area contributed by atoms with Crippen molar-refractivity contribution in [3.8, 4) is 0 Å². The van der Waals surface area contributed by atoms with Gasteiger partial charge in [-0.05, 0) is 99.4 Å². The maximum Gasteiger partial charge on any atom is 0.0378 e. The maximum atomic E-state index is 5.88. The normalized spacial score (nSPS) is 17.0. The van der Waals surface area contributed by atoms with Crippen LogP contribution in [-0.4, -0.2) is 0 Å². The Morgan fingerprint density at radius 2 is 1.07 bits per heavy atom. The fraction of sp³-hybridized carbons (Fsp3) is 0.455. The number of nitrogen functional groups attached to an aromatic ring is 2. The molecule has 1 aliphatic carbocycles. The van der Waals surface area contributed by atoms with Crippen LogP contribution in [0.1, 0.15) is 139 Å². The molecule has 2 heteroatoms. The van der Waals surface area contributed by atoms with Gasteiger partial charge in [0.15, 0.2) is 0 Å². The molecule has 4 aromatic carbocycles. The highest BCUT2D eigenvalue weighted by atomic mass is 14.6. The van der Waals surface area contributed by atoms with E-state index in [9.17, 15) is 0 Å². The van der Waals surface area contributed by atoms with Crippen molar-refractivity contribution in [1.82, 2.24) is 0 Å². The Balaban J connectivity index is 0.000000235. The quantitative estimate of drug-likeness (QED) is 0.220. The third-order valence-corrected chi connectivity index (χ3v) is 9.89. The van der Waals surface area contributed by atoms with Gasteiger partial charge in [0.05, 0.1) is 0 Å². The Morgan fingerprint density at radius 1 is 0.587 bits per heavy atom. The zero-order chi connectivity index (χ0) is 34.8. The third kappa shape index (κ3) is 8.24. The van der Waals surface area contributed by atoms with Crippen molar-refractivity contribution < 1.29 is 0 Å². The molecule has 0 aliphatic heterocycles. The van der Waals surface area contributed by atoms with Crippen LogP contribution in [0.2, 0.25) is 0 Å². The summed E-state index contributed by atoms with van der Waals surface area (Å²) in [7, 11) is 0. The van der Waals surface area contributed by atoms with E-state index in [-0.39, 0.29) is 21.7 Å². The lowest BCUT2D eigenvalue weighted by atomic mass is 9.73. The van der Waals surface area contributed by atoms with Crippen LogP contribution >= 0.6 is 0 Å². The van der Waals surface area contributed by atoms with Gasteiger partial charge in [-0.15, -0.1) is 0 Å². The molecule has 1 unspecified atom stereocenters. The highest BCUT2D eigenvalue weighted by molar-refractivity contribution is 5.55. The molecule has 0 heterocycles. The van der Waals surface area contributed by atoms with Crippen molar-refractivity contribution in [1.29, 1.82) is 0 Å². The van der Waals surface area contributed by atoms with Gasteiger partial charge in [0.25, 0.3) is 0 Å². The fourth-order valence-electron chi connectivity index (χ4n) is 6.75. The molecule has 1 atom stereocenters. The van der Waals surface area contributed by atoms with E-state index in [1.807, 2.05) is 45.0 Å². The van der Waals surface area contributed by atoms with E-state index in [1.165, 1.54) is 38.9 Å². The molecular formula is C44H62N2. The van der Waals surface area contributed by atoms with E-state index in [2.05, 4.69) is 131 Å². The summed E-state index contributed by atoms with van der Waals surface area (Å²) in [5, 5.41) is 0. The second-order valence-electron chi connectivity index (χ2n) is 16.8. The van der Waals surface area contributed by atoms with Crippen LogP contribution in [0.15, 0.2) is 78.9 Å². The van der Waals surface area contributed by atoms with Gasteiger partial charge < -0.3 is 11.5 Å². The van der Waals surface area contributed by atoms with Crippen LogP contribution in [0.5, 0.6) is 0 Å². The predicted octanol–water partition coefficient (Wildman–Crippen LogP) is 11.9. The Hall–Kier alpha value is -3.52. The van der Waals surface area contributed by atoms with Crippen molar-refractivity contribution in [3.63, 3.8) is 0 Å². The van der Waals surface area contributed by atoms with E-state index in [4.69, 9.17) is 11.5 Å². The highest BCUT2D eigenvalue weighted by Gasteiger charge is 2.46. The Labute approximate surface area is 282 Å². The van der Waals surface area contributed by atoms with Crippen LogP contribution in [-0.2, 0) is 21.7 Å². The van der Waals surface area contributed by atoms with Crippen molar-refractivity contribution in [2.24, 2.45) is 0 Å². The summed E-state index contributed by atoms with van der Waals surface area (Å²) in [5.41, 5.74) is 26.2. The van der Waals surface area contributed by atoms with E-state index < -0.39 is 0 Å². The van der Waals surface area contributed by atoms with Gasteiger partial charge in [0.2, 0.25) is 0 Å². The first-order valence-corrected chi connectivity index (χ1v) is 17.0. The summed E-state index contributed by atoms with van der Waals surface area (Å²) in [6.45, 7) is 31.5. The number of aryl methyl sites for hydroxylation is 3. The smallest absolute Gasteiger partial charge is 0.0378 e. The summed E-state index contributed by atoms with van der Waals surface area (Å²) >= 11 is 0. The molecule has 0 aromatic heterocycles. The van der Waals surface area contributed by atoms with Gasteiger partial charge in [-0.3, -0.25) is 0 Å². The maximum absolute atomic E-state index is 5.88. The largest absolute Gasteiger partial charge is 0.398 e. The molecule has 0 bridgehead atoms. The van der Waals surface area contributed by atoms with Crippen LogP contribution in [0, 0.1) is 20.8 Å². The molecule has 0 amide bonds. The molecule has 4 aromatic rings. The van der Waals surface area contributed by atoms with E-state index in [1.54, 1.807) is 0 Å². The lowest BCUT2D eigenvalue weighted by Crippen LogP contribution is -2.24. The number of hydrogen-bond acceptors (Lipinski definition) is 2. The Morgan fingerprint density at radius 3 is 1.54 bits per heavy atom. The highest BCUT2D eigenvalue weighted by Crippen LogP contribution is 2.53. The molecule has 4 N–H and O–H groups in total.